The molecule has 158 valence electrons. The number of benzene rings is 2. The van der Waals surface area contributed by atoms with E-state index in [-0.39, 0.29) is 0 Å². The maximum Gasteiger partial charge on any atom is 0.0344 e. The van der Waals surface area contributed by atoms with E-state index in [1.165, 1.54) is 28.8 Å². The molecule has 0 saturated heterocycles. The topological polar surface area (TPSA) is 12.0 Å². The minimum Gasteiger partial charge on any atom is -0.383 e. The summed E-state index contributed by atoms with van der Waals surface area (Å²) in [5.74, 6) is 2.00. The maximum atomic E-state index is 3.40. The van der Waals surface area contributed by atoms with E-state index < -0.39 is 0 Å². The first kappa shape index (κ1) is 26.2. The average Bonchev–Trinajstić information content (AvgIpc) is 2.63. The summed E-state index contributed by atoms with van der Waals surface area (Å²) in [6.07, 6.45) is 1.20. The summed E-state index contributed by atoms with van der Waals surface area (Å²) in [5.41, 5.74) is 5.55. The van der Waals surface area contributed by atoms with E-state index in [9.17, 15) is 0 Å². The van der Waals surface area contributed by atoms with Gasteiger partial charge >= 0.3 is 0 Å². The molecule has 0 spiro atoms. The van der Waals surface area contributed by atoms with Crippen LogP contribution in [-0.4, -0.2) is 6.04 Å². The van der Waals surface area contributed by atoms with Gasteiger partial charge in [-0.15, -0.1) is 0 Å². The zero-order chi connectivity index (χ0) is 21.7. The molecule has 0 saturated carbocycles. The second-order valence-corrected chi connectivity index (χ2v) is 8.58. The normalized spacial score (nSPS) is 10.5. The van der Waals surface area contributed by atoms with Crippen molar-refractivity contribution >= 4 is 5.69 Å². The smallest absolute Gasteiger partial charge is 0.0344 e. The first-order chi connectivity index (χ1) is 13.2. The number of nitrogens with one attached hydrogen (secondary N) is 1. The highest BCUT2D eigenvalue weighted by atomic mass is 14.9. The summed E-state index contributed by atoms with van der Waals surface area (Å²) in [6.45, 7) is 21.8. The lowest BCUT2D eigenvalue weighted by molar-refractivity contribution is 0.646. The number of hydrogen-bond acceptors (Lipinski definition) is 1. The van der Waals surface area contributed by atoms with Crippen molar-refractivity contribution in [3.05, 3.63) is 65.2 Å². The zero-order valence-corrected chi connectivity index (χ0v) is 20.1. The molecular formula is C27H45N. The van der Waals surface area contributed by atoms with Gasteiger partial charge in [0, 0.05) is 11.7 Å². The Kier molecular flexibility index (Phi) is 13.4. The lowest BCUT2D eigenvalue weighted by atomic mass is 9.97. The van der Waals surface area contributed by atoms with E-state index in [4.69, 9.17) is 0 Å². The molecule has 0 aromatic heterocycles. The Morgan fingerprint density at radius 1 is 0.679 bits per heavy atom. The minimum atomic E-state index is 0.502. The molecule has 0 atom stereocenters. The van der Waals surface area contributed by atoms with Gasteiger partial charge in [-0.3, -0.25) is 0 Å². The third-order valence-corrected chi connectivity index (χ3v) is 4.27. The van der Waals surface area contributed by atoms with Crippen LogP contribution in [0.3, 0.4) is 0 Å². The quantitative estimate of drug-likeness (QED) is 0.526. The molecule has 2 rings (SSSR count). The van der Waals surface area contributed by atoms with Crippen LogP contribution in [0.15, 0.2) is 48.5 Å². The Labute approximate surface area is 176 Å². The van der Waals surface area contributed by atoms with Crippen molar-refractivity contribution in [3.63, 3.8) is 0 Å². The Morgan fingerprint density at radius 3 is 1.64 bits per heavy atom. The van der Waals surface area contributed by atoms with Crippen LogP contribution in [0.5, 0.6) is 0 Å². The van der Waals surface area contributed by atoms with Crippen molar-refractivity contribution in [3.8, 4) is 0 Å². The second-order valence-electron chi connectivity index (χ2n) is 8.58. The molecule has 0 fully saturated rings. The second kappa shape index (κ2) is 14.3. The molecule has 1 nitrogen and oxygen atoms in total. The van der Waals surface area contributed by atoms with Crippen LogP contribution in [0.1, 0.15) is 97.8 Å². The molecule has 1 N–H and O–H groups in total. The fourth-order valence-electron chi connectivity index (χ4n) is 2.87. The predicted molar refractivity (Wildman–Crippen MR) is 130 cm³/mol. The third-order valence-electron chi connectivity index (χ3n) is 4.27. The van der Waals surface area contributed by atoms with Gasteiger partial charge in [-0.2, -0.15) is 0 Å². The monoisotopic (exact) mass is 383 g/mol. The minimum absolute atomic E-state index is 0.502. The molecule has 2 aromatic rings. The summed E-state index contributed by atoms with van der Waals surface area (Å²) in [7, 11) is 0. The van der Waals surface area contributed by atoms with Crippen LogP contribution in [0, 0.1) is 5.92 Å². The van der Waals surface area contributed by atoms with Crippen LogP contribution in [-0.2, 0) is 6.42 Å². The summed E-state index contributed by atoms with van der Waals surface area (Å²) >= 11 is 0. The number of rotatable bonds is 6. The summed E-state index contributed by atoms with van der Waals surface area (Å²) in [5, 5.41) is 3.40. The Balaban J connectivity index is 0.000000478. The highest BCUT2D eigenvalue weighted by Gasteiger charge is 2.02. The SMILES string of the molecule is CC.CC(C)Cc1cccc(C(C)C)c1.CC(C)Nc1cccc(C(C)C)c1. The van der Waals surface area contributed by atoms with Crippen LogP contribution in [0.4, 0.5) is 5.69 Å². The van der Waals surface area contributed by atoms with Crippen molar-refractivity contribution < 1.29 is 0 Å². The predicted octanol–water partition coefficient (Wildman–Crippen LogP) is 8.67. The van der Waals surface area contributed by atoms with Gasteiger partial charge in [0.1, 0.15) is 0 Å². The van der Waals surface area contributed by atoms with E-state index in [0.717, 1.165) is 5.92 Å². The van der Waals surface area contributed by atoms with E-state index in [0.29, 0.717) is 17.9 Å². The molecule has 0 aliphatic rings. The van der Waals surface area contributed by atoms with Crippen molar-refractivity contribution in [1.29, 1.82) is 0 Å². The van der Waals surface area contributed by atoms with Gasteiger partial charge in [0.25, 0.3) is 0 Å². The van der Waals surface area contributed by atoms with Gasteiger partial charge in [-0.1, -0.05) is 91.8 Å². The van der Waals surface area contributed by atoms with Gasteiger partial charge in [0.15, 0.2) is 0 Å². The highest BCUT2D eigenvalue weighted by Crippen LogP contribution is 2.19. The first-order valence-electron chi connectivity index (χ1n) is 11.1. The summed E-state index contributed by atoms with van der Waals surface area (Å²) < 4.78 is 0. The molecule has 0 amide bonds. The maximum absolute atomic E-state index is 3.40. The Hall–Kier alpha value is -1.76. The molecule has 0 unspecified atom stereocenters. The molecule has 0 radical (unpaired) electrons. The lowest BCUT2D eigenvalue weighted by Crippen LogP contribution is -2.09. The van der Waals surface area contributed by atoms with Crippen molar-refractivity contribution in [1.82, 2.24) is 0 Å². The molecule has 0 heterocycles. The Bertz CT molecular complexity index is 581. The van der Waals surface area contributed by atoms with E-state index in [1.54, 1.807) is 0 Å². The van der Waals surface area contributed by atoms with E-state index in [1.807, 2.05) is 13.8 Å². The lowest BCUT2D eigenvalue weighted by Gasteiger charge is -2.12. The van der Waals surface area contributed by atoms with Crippen LogP contribution in [0.25, 0.3) is 0 Å². The fourth-order valence-corrected chi connectivity index (χ4v) is 2.87. The molecule has 0 aliphatic carbocycles. The molecule has 0 aliphatic heterocycles. The molecule has 0 bridgehead atoms. The van der Waals surface area contributed by atoms with Gasteiger partial charge in [-0.25, -0.2) is 0 Å². The van der Waals surface area contributed by atoms with Gasteiger partial charge in [0.2, 0.25) is 0 Å². The summed E-state index contributed by atoms with van der Waals surface area (Å²) in [6, 6.07) is 18.1. The Morgan fingerprint density at radius 2 is 1.18 bits per heavy atom. The van der Waals surface area contributed by atoms with Gasteiger partial charge < -0.3 is 5.32 Å². The van der Waals surface area contributed by atoms with Gasteiger partial charge in [0.05, 0.1) is 0 Å². The molecule has 28 heavy (non-hydrogen) atoms. The third kappa shape index (κ3) is 11.2. The molecule has 2 aromatic carbocycles. The molecule has 1 heteroatoms. The van der Waals surface area contributed by atoms with E-state index in [2.05, 4.69) is 109 Å². The van der Waals surface area contributed by atoms with Crippen molar-refractivity contribution in [2.75, 3.05) is 5.32 Å². The number of anilines is 1. The van der Waals surface area contributed by atoms with Gasteiger partial charge in [-0.05, 0) is 66.8 Å². The molecular weight excluding hydrogens is 338 g/mol. The first-order valence-corrected chi connectivity index (χ1v) is 11.1. The largest absolute Gasteiger partial charge is 0.383 e. The van der Waals surface area contributed by atoms with Crippen LogP contribution < -0.4 is 5.32 Å². The van der Waals surface area contributed by atoms with E-state index >= 15 is 0 Å². The average molecular weight is 384 g/mol. The zero-order valence-electron chi connectivity index (χ0n) is 20.1. The fraction of sp³-hybridized carbons (Fsp3) is 0.556. The standard InChI is InChI=1S/C13H20.C12H19N.C2H6/c1-10(2)8-12-6-5-7-13(9-12)11(3)4;1-9(2)11-6-5-7-12(8-11)13-10(3)4;1-2/h5-7,9-11H,8H2,1-4H3;5-10,13H,1-4H3;1-2H3. The summed E-state index contributed by atoms with van der Waals surface area (Å²) in [4.78, 5) is 0. The highest BCUT2D eigenvalue weighted by molar-refractivity contribution is 5.46. The van der Waals surface area contributed by atoms with Crippen molar-refractivity contribution in [2.24, 2.45) is 5.92 Å². The van der Waals surface area contributed by atoms with Crippen molar-refractivity contribution in [2.45, 2.75) is 93.5 Å². The number of hydrogen-bond donors (Lipinski definition) is 1. The van der Waals surface area contributed by atoms with Crippen LogP contribution >= 0.6 is 0 Å². The van der Waals surface area contributed by atoms with Crippen LogP contribution in [0.2, 0.25) is 0 Å².